The van der Waals surface area contributed by atoms with Crippen LogP contribution < -0.4 is 5.32 Å². The number of hydrogen-bond acceptors (Lipinski definition) is 4. The van der Waals surface area contributed by atoms with E-state index >= 15 is 0 Å². The van der Waals surface area contributed by atoms with Crippen LogP contribution in [0.25, 0.3) is 0 Å². The van der Waals surface area contributed by atoms with Gasteiger partial charge in [-0.2, -0.15) is 0 Å². The van der Waals surface area contributed by atoms with Crippen molar-refractivity contribution in [2.24, 2.45) is 0 Å². The molecular formula is C22H24N2O4. The van der Waals surface area contributed by atoms with Gasteiger partial charge >= 0.3 is 5.97 Å². The second-order valence-corrected chi connectivity index (χ2v) is 6.70. The minimum absolute atomic E-state index is 0.249. The van der Waals surface area contributed by atoms with Crippen LogP contribution in [0.4, 0.5) is 0 Å². The zero-order valence-corrected chi connectivity index (χ0v) is 16.3. The minimum atomic E-state index is -0.903. The van der Waals surface area contributed by atoms with E-state index in [1.807, 2.05) is 44.2 Å². The number of benzene rings is 1. The van der Waals surface area contributed by atoms with E-state index in [1.54, 1.807) is 25.1 Å². The van der Waals surface area contributed by atoms with Crippen molar-refractivity contribution in [2.75, 3.05) is 0 Å². The molecule has 6 heteroatoms. The normalized spacial score (nSPS) is 11.8. The van der Waals surface area contributed by atoms with E-state index < -0.39 is 12.1 Å². The maximum absolute atomic E-state index is 12.6. The lowest BCUT2D eigenvalue weighted by atomic mass is 10.2. The summed E-state index contributed by atoms with van der Waals surface area (Å²) in [5, 5.41) is 2.69. The average Bonchev–Trinajstić information content (AvgIpc) is 3.30. The van der Waals surface area contributed by atoms with Gasteiger partial charge in [-0.25, -0.2) is 4.79 Å². The summed E-state index contributed by atoms with van der Waals surface area (Å²) in [6.45, 7) is 6.31. The fraction of sp³-hybridized carbons (Fsp3) is 0.273. The molecule has 0 radical (unpaired) electrons. The van der Waals surface area contributed by atoms with E-state index in [9.17, 15) is 9.59 Å². The Labute approximate surface area is 164 Å². The molecule has 1 N–H and O–H groups in total. The van der Waals surface area contributed by atoms with E-state index in [2.05, 4.69) is 9.88 Å². The molecule has 146 valence electrons. The van der Waals surface area contributed by atoms with Crippen LogP contribution in [0.1, 0.15) is 40.0 Å². The third-order valence-electron chi connectivity index (χ3n) is 4.65. The number of amides is 1. The number of carbonyl (C=O) groups excluding carboxylic acids is 2. The summed E-state index contributed by atoms with van der Waals surface area (Å²) in [6, 6.07) is 15.3. The molecule has 3 aromatic rings. The van der Waals surface area contributed by atoms with Crippen molar-refractivity contribution in [1.82, 2.24) is 9.88 Å². The zero-order valence-electron chi connectivity index (χ0n) is 16.3. The summed E-state index contributed by atoms with van der Waals surface area (Å²) in [5.41, 5.74) is 3.40. The molecule has 0 saturated carbocycles. The molecule has 0 aliphatic carbocycles. The van der Waals surface area contributed by atoms with Gasteiger partial charge in [0.05, 0.1) is 18.4 Å². The summed E-state index contributed by atoms with van der Waals surface area (Å²) in [5.74, 6) is -0.243. The number of nitrogens with zero attached hydrogens (tertiary/aromatic N) is 1. The van der Waals surface area contributed by atoms with Gasteiger partial charge in [0, 0.05) is 17.9 Å². The SMILES string of the molecule is Cc1cc(C(=O)O[C@@H](C)C(=O)NCc2ccco2)c(C)n1Cc1ccccc1. The summed E-state index contributed by atoms with van der Waals surface area (Å²) < 4.78 is 12.6. The molecule has 0 bridgehead atoms. The van der Waals surface area contributed by atoms with E-state index in [-0.39, 0.29) is 12.5 Å². The highest BCUT2D eigenvalue weighted by molar-refractivity contribution is 5.93. The Hall–Kier alpha value is -3.28. The predicted octanol–water partition coefficient (Wildman–Crippen LogP) is 3.61. The number of furan rings is 1. The second-order valence-electron chi connectivity index (χ2n) is 6.70. The second kappa shape index (κ2) is 8.61. The van der Waals surface area contributed by atoms with Crippen LogP contribution in [0.3, 0.4) is 0 Å². The highest BCUT2D eigenvalue weighted by atomic mass is 16.5. The number of rotatable bonds is 7. The molecule has 6 nitrogen and oxygen atoms in total. The van der Waals surface area contributed by atoms with E-state index in [0.29, 0.717) is 17.9 Å². The zero-order chi connectivity index (χ0) is 20.1. The first-order chi connectivity index (χ1) is 13.5. The Balaban J connectivity index is 1.63. The van der Waals surface area contributed by atoms with Gasteiger partial charge in [-0.05, 0) is 44.5 Å². The molecule has 2 aromatic heterocycles. The fourth-order valence-electron chi connectivity index (χ4n) is 3.03. The number of esters is 1. The first-order valence-corrected chi connectivity index (χ1v) is 9.17. The Bertz CT molecular complexity index is 943. The molecule has 1 atom stereocenters. The number of aryl methyl sites for hydroxylation is 1. The van der Waals surface area contributed by atoms with Gasteiger partial charge in [0.1, 0.15) is 5.76 Å². The van der Waals surface area contributed by atoms with E-state index in [4.69, 9.17) is 9.15 Å². The highest BCUT2D eigenvalue weighted by Gasteiger charge is 2.22. The topological polar surface area (TPSA) is 73.5 Å². The molecule has 0 spiro atoms. The number of nitrogens with one attached hydrogen (secondary N) is 1. The molecule has 0 saturated heterocycles. The van der Waals surface area contributed by atoms with E-state index in [0.717, 1.165) is 17.0 Å². The first-order valence-electron chi connectivity index (χ1n) is 9.17. The Morgan fingerprint density at radius 1 is 1.14 bits per heavy atom. The lowest BCUT2D eigenvalue weighted by Gasteiger charge is -2.13. The molecule has 1 aromatic carbocycles. The summed E-state index contributed by atoms with van der Waals surface area (Å²) in [4.78, 5) is 24.8. The van der Waals surface area contributed by atoms with Crippen LogP contribution >= 0.6 is 0 Å². The van der Waals surface area contributed by atoms with Crippen molar-refractivity contribution >= 4 is 11.9 Å². The Morgan fingerprint density at radius 3 is 2.57 bits per heavy atom. The van der Waals surface area contributed by atoms with Crippen LogP contribution in [0.15, 0.2) is 59.2 Å². The minimum Gasteiger partial charge on any atom is -0.467 e. The van der Waals surface area contributed by atoms with Gasteiger partial charge in [0.15, 0.2) is 6.10 Å². The highest BCUT2D eigenvalue weighted by Crippen LogP contribution is 2.19. The lowest BCUT2D eigenvalue weighted by molar-refractivity contribution is -0.129. The van der Waals surface area contributed by atoms with Crippen LogP contribution in [0.2, 0.25) is 0 Å². The van der Waals surface area contributed by atoms with E-state index in [1.165, 1.54) is 6.26 Å². The van der Waals surface area contributed by atoms with Crippen molar-refractivity contribution in [3.8, 4) is 0 Å². The van der Waals surface area contributed by atoms with Gasteiger partial charge in [-0.1, -0.05) is 30.3 Å². The van der Waals surface area contributed by atoms with Gasteiger partial charge in [-0.3, -0.25) is 4.79 Å². The maximum Gasteiger partial charge on any atom is 0.340 e. The van der Waals surface area contributed by atoms with Gasteiger partial charge in [0.25, 0.3) is 5.91 Å². The van der Waals surface area contributed by atoms with Crippen molar-refractivity contribution in [3.63, 3.8) is 0 Å². The van der Waals surface area contributed by atoms with Crippen molar-refractivity contribution in [3.05, 3.63) is 83.1 Å². The van der Waals surface area contributed by atoms with Crippen molar-refractivity contribution < 1.29 is 18.7 Å². The van der Waals surface area contributed by atoms with Gasteiger partial charge in [0.2, 0.25) is 0 Å². The standard InChI is InChI=1S/C22H24N2O4/c1-15-12-20(16(2)24(15)14-18-8-5-4-6-9-18)22(26)28-17(3)21(25)23-13-19-10-7-11-27-19/h4-12,17H,13-14H2,1-3H3,(H,23,25)/t17-/m0/s1. The van der Waals surface area contributed by atoms with Crippen molar-refractivity contribution in [1.29, 1.82) is 0 Å². The Kier molecular flexibility index (Phi) is 5.99. The molecule has 0 aliphatic rings. The number of hydrogen-bond donors (Lipinski definition) is 1. The monoisotopic (exact) mass is 380 g/mol. The summed E-state index contributed by atoms with van der Waals surface area (Å²) in [6.07, 6.45) is 0.635. The number of carbonyl (C=O) groups is 2. The molecule has 2 heterocycles. The average molecular weight is 380 g/mol. The number of ether oxygens (including phenoxy) is 1. The molecular weight excluding hydrogens is 356 g/mol. The molecule has 28 heavy (non-hydrogen) atoms. The van der Waals surface area contributed by atoms with Crippen molar-refractivity contribution in [2.45, 2.75) is 40.0 Å². The molecule has 0 fully saturated rings. The lowest BCUT2D eigenvalue weighted by Crippen LogP contribution is -2.35. The molecule has 3 rings (SSSR count). The van der Waals surface area contributed by atoms with Gasteiger partial charge < -0.3 is 19.0 Å². The summed E-state index contributed by atoms with van der Waals surface area (Å²) >= 11 is 0. The van der Waals surface area contributed by atoms with Crippen LogP contribution in [0.5, 0.6) is 0 Å². The largest absolute Gasteiger partial charge is 0.467 e. The Morgan fingerprint density at radius 2 is 1.89 bits per heavy atom. The van der Waals surface area contributed by atoms with Gasteiger partial charge in [-0.15, -0.1) is 0 Å². The predicted molar refractivity (Wildman–Crippen MR) is 105 cm³/mol. The van der Waals surface area contributed by atoms with Crippen LogP contribution in [-0.2, 0) is 22.6 Å². The molecule has 0 unspecified atom stereocenters. The summed E-state index contributed by atoms with van der Waals surface area (Å²) in [7, 11) is 0. The fourth-order valence-corrected chi connectivity index (χ4v) is 3.03. The molecule has 0 aliphatic heterocycles. The maximum atomic E-state index is 12.6. The molecule has 1 amide bonds. The smallest absolute Gasteiger partial charge is 0.340 e. The first kappa shape index (κ1) is 19.5. The number of aromatic nitrogens is 1. The quantitative estimate of drug-likeness (QED) is 0.636. The van der Waals surface area contributed by atoms with Crippen LogP contribution in [-0.4, -0.2) is 22.5 Å². The third kappa shape index (κ3) is 4.52. The van der Waals surface area contributed by atoms with Crippen LogP contribution in [0, 0.1) is 13.8 Å². The third-order valence-corrected chi connectivity index (χ3v) is 4.65.